The zero-order chi connectivity index (χ0) is 34.9. The van der Waals surface area contributed by atoms with E-state index in [2.05, 4.69) is 33.0 Å². The molecule has 2 heterocycles. The fourth-order valence-corrected chi connectivity index (χ4v) is 7.88. The molecule has 2 amide bonds. The van der Waals surface area contributed by atoms with Crippen LogP contribution in [0.2, 0.25) is 0 Å². The number of thioether (sulfide) groups is 1. The van der Waals surface area contributed by atoms with E-state index in [1.807, 2.05) is 104 Å². The van der Waals surface area contributed by atoms with Gasteiger partial charge in [0.2, 0.25) is 0 Å². The van der Waals surface area contributed by atoms with Crippen molar-refractivity contribution in [2.45, 2.75) is 68.2 Å². The number of aliphatic hydroxyl groups is 1. The number of Topliss-reactive ketones (excluding diaryl/α,β-unsaturated/α-hetero) is 1. The van der Waals surface area contributed by atoms with Crippen LogP contribution in [-0.4, -0.2) is 45.0 Å². The number of aromatic nitrogens is 2. The molecule has 50 heavy (non-hydrogen) atoms. The number of benzene rings is 4. The number of hydrogen-bond acceptors (Lipinski definition) is 9. The maximum Gasteiger partial charge on any atom is 0.315 e. The van der Waals surface area contributed by atoms with Gasteiger partial charge < -0.3 is 25.2 Å². The summed E-state index contributed by atoms with van der Waals surface area (Å²) in [5.41, 5.74) is 5.65. The Morgan fingerprint density at radius 3 is 2.12 bits per heavy atom. The van der Waals surface area contributed by atoms with Gasteiger partial charge in [-0.25, -0.2) is 4.79 Å². The van der Waals surface area contributed by atoms with Gasteiger partial charge in [0, 0.05) is 23.8 Å². The van der Waals surface area contributed by atoms with Gasteiger partial charge in [-0.05, 0) is 48.1 Å². The van der Waals surface area contributed by atoms with Crippen LogP contribution in [0, 0.1) is 6.92 Å². The highest BCUT2D eigenvalue weighted by Gasteiger charge is 2.42. The number of hydrogen-bond donors (Lipinski definition) is 3. The smallest absolute Gasteiger partial charge is 0.315 e. The first-order chi connectivity index (χ1) is 24.4. The summed E-state index contributed by atoms with van der Waals surface area (Å²) in [7, 11) is 0. The van der Waals surface area contributed by atoms with Gasteiger partial charge in [-0.2, -0.15) is 0 Å². The fraction of sp³-hybridized carbons (Fsp3) is 0.282. The van der Waals surface area contributed by atoms with Crippen molar-refractivity contribution in [2.75, 3.05) is 5.75 Å². The van der Waals surface area contributed by atoms with Gasteiger partial charge in [0.25, 0.3) is 0 Å². The SMILES string of the molecule is CC(=O)[C@@H](Cc1ccccc1)NC(=O)NCc1ccc(C2O[C@H](CSc3nnc(C)s3)[C@@H](c3ccccc3)[C@H](c3ccc(CO)cc3)O2)cc1. The van der Waals surface area contributed by atoms with Crippen molar-refractivity contribution >= 4 is 34.9 Å². The van der Waals surface area contributed by atoms with E-state index in [1.54, 1.807) is 23.1 Å². The summed E-state index contributed by atoms with van der Waals surface area (Å²) >= 11 is 3.19. The van der Waals surface area contributed by atoms with E-state index in [9.17, 15) is 14.7 Å². The Morgan fingerprint density at radius 1 is 0.820 bits per heavy atom. The molecule has 1 aliphatic heterocycles. The molecule has 0 bridgehead atoms. The molecule has 5 aromatic rings. The van der Waals surface area contributed by atoms with E-state index in [0.29, 0.717) is 12.2 Å². The number of aryl methyl sites for hydroxylation is 1. The normalized spacial score (nSPS) is 19.4. The van der Waals surface area contributed by atoms with Crippen LogP contribution in [0.1, 0.15) is 63.6 Å². The van der Waals surface area contributed by atoms with E-state index < -0.39 is 18.4 Å². The summed E-state index contributed by atoms with van der Waals surface area (Å²) in [6.07, 6.45) is -0.792. The quantitative estimate of drug-likeness (QED) is 0.111. The van der Waals surface area contributed by atoms with Gasteiger partial charge in [0.1, 0.15) is 5.01 Å². The molecule has 1 unspecified atom stereocenters. The number of aliphatic hydroxyl groups excluding tert-OH is 1. The van der Waals surface area contributed by atoms with Crippen molar-refractivity contribution in [3.05, 3.63) is 148 Å². The van der Waals surface area contributed by atoms with Gasteiger partial charge in [-0.1, -0.05) is 132 Å². The van der Waals surface area contributed by atoms with Crippen LogP contribution in [0.4, 0.5) is 4.79 Å². The zero-order valence-corrected chi connectivity index (χ0v) is 29.5. The van der Waals surface area contributed by atoms with Gasteiger partial charge in [-0.3, -0.25) is 4.79 Å². The highest BCUT2D eigenvalue weighted by atomic mass is 32.2. The highest BCUT2D eigenvalue weighted by Crippen LogP contribution is 2.48. The monoisotopic (exact) mass is 708 g/mol. The molecule has 4 aromatic carbocycles. The topological polar surface area (TPSA) is 123 Å². The Bertz CT molecular complexity index is 1840. The van der Waals surface area contributed by atoms with Crippen molar-refractivity contribution in [3.8, 4) is 0 Å². The number of ether oxygens (including phenoxy) is 2. The summed E-state index contributed by atoms with van der Waals surface area (Å²) < 4.78 is 14.5. The van der Waals surface area contributed by atoms with Crippen molar-refractivity contribution < 1.29 is 24.2 Å². The first kappa shape index (κ1) is 35.4. The molecule has 0 spiro atoms. The first-order valence-electron chi connectivity index (χ1n) is 16.5. The molecule has 1 aromatic heterocycles. The number of carbonyl (C=O) groups is 2. The van der Waals surface area contributed by atoms with Gasteiger partial charge in [0.05, 0.1) is 24.9 Å². The van der Waals surface area contributed by atoms with Crippen molar-refractivity contribution in [1.29, 1.82) is 0 Å². The molecular weight excluding hydrogens is 669 g/mol. The number of nitrogens with one attached hydrogen (secondary N) is 2. The summed E-state index contributed by atoms with van der Waals surface area (Å²) in [6.45, 7) is 3.68. The minimum absolute atomic E-state index is 0.0337. The predicted molar refractivity (Wildman–Crippen MR) is 195 cm³/mol. The van der Waals surface area contributed by atoms with Crippen LogP contribution in [0.25, 0.3) is 0 Å². The number of amides is 2. The lowest BCUT2D eigenvalue weighted by molar-refractivity contribution is -0.255. The number of nitrogens with zero attached hydrogens (tertiary/aromatic N) is 2. The number of carbonyl (C=O) groups excluding carboxylic acids is 2. The van der Waals surface area contributed by atoms with Crippen LogP contribution >= 0.6 is 23.1 Å². The third-order valence-electron chi connectivity index (χ3n) is 8.63. The van der Waals surface area contributed by atoms with Crippen molar-refractivity contribution in [2.24, 2.45) is 0 Å². The molecule has 6 rings (SSSR count). The fourth-order valence-electron chi connectivity index (χ4n) is 5.97. The third kappa shape index (κ3) is 9.23. The van der Waals surface area contributed by atoms with E-state index in [1.165, 1.54) is 6.92 Å². The molecular formula is C39H40N4O5S2. The second kappa shape index (κ2) is 17.0. The van der Waals surface area contributed by atoms with E-state index in [-0.39, 0.29) is 37.1 Å². The minimum atomic E-state index is -0.654. The molecule has 258 valence electrons. The average Bonchev–Trinajstić information content (AvgIpc) is 3.58. The minimum Gasteiger partial charge on any atom is -0.392 e. The van der Waals surface area contributed by atoms with Crippen molar-refractivity contribution in [3.63, 3.8) is 0 Å². The van der Waals surface area contributed by atoms with Crippen molar-refractivity contribution in [1.82, 2.24) is 20.8 Å². The lowest BCUT2D eigenvalue weighted by Gasteiger charge is -2.43. The van der Waals surface area contributed by atoms with Gasteiger partial charge in [-0.15, -0.1) is 10.2 Å². The first-order valence-corrected chi connectivity index (χ1v) is 18.3. The second-order valence-electron chi connectivity index (χ2n) is 12.2. The Balaban J connectivity index is 1.18. The Hall–Kier alpha value is -4.39. The molecule has 1 aliphatic rings. The van der Waals surface area contributed by atoms with Crippen LogP contribution in [0.3, 0.4) is 0 Å². The van der Waals surface area contributed by atoms with E-state index in [0.717, 1.165) is 42.7 Å². The molecule has 5 atom stereocenters. The second-order valence-corrected chi connectivity index (χ2v) is 14.7. The Labute approximate surface area is 300 Å². The van der Waals surface area contributed by atoms with E-state index in [4.69, 9.17) is 9.47 Å². The molecule has 0 saturated carbocycles. The molecule has 11 heteroatoms. The highest BCUT2D eigenvalue weighted by molar-refractivity contribution is 8.01. The average molecular weight is 709 g/mol. The summed E-state index contributed by atoms with van der Waals surface area (Å²) in [5.74, 6) is 0.423. The molecule has 3 N–H and O–H groups in total. The number of rotatable bonds is 13. The molecule has 9 nitrogen and oxygen atoms in total. The summed E-state index contributed by atoms with van der Waals surface area (Å²) in [4.78, 5) is 25.0. The van der Waals surface area contributed by atoms with Crippen LogP contribution in [0.15, 0.2) is 114 Å². The maximum atomic E-state index is 12.8. The van der Waals surface area contributed by atoms with E-state index >= 15 is 0 Å². The van der Waals surface area contributed by atoms with Crippen LogP contribution < -0.4 is 10.6 Å². The molecule has 1 saturated heterocycles. The van der Waals surface area contributed by atoms with Crippen LogP contribution in [0.5, 0.6) is 0 Å². The lowest BCUT2D eigenvalue weighted by atomic mass is 9.84. The number of urea groups is 1. The molecule has 0 radical (unpaired) electrons. The number of ketones is 1. The standard InChI is InChI=1S/C39H40N4O5S2/c1-25(45)33(21-27-9-5-3-6-10-27)41-38(46)40-22-28-13-19-32(20-14-28)37-47-34(24-49-39-43-42-26(2)50-39)35(30-11-7-4-8-12-30)36(48-37)31-17-15-29(23-44)16-18-31/h3-20,33-37,44H,21-24H2,1-2H3,(H2,40,41,46)/t33-,34-,35-,36+,37?/m1/s1. The molecule has 0 aliphatic carbocycles. The lowest BCUT2D eigenvalue weighted by Crippen LogP contribution is -2.46. The van der Waals surface area contributed by atoms with Gasteiger partial charge in [0.15, 0.2) is 16.4 Å². The summed E-state index contributed by atoms with van der Waals surface area (Å²) in [5, 5.41) is 24.8. The van der Waals surface area contributed by atoms with Gasteiger partial charge >= 0.3 is 6.03 Å². The predicted octanol–water partition coefficient (Wildman–Crippen LogP) is 7.07. The Kier molecular flexibility index (Phi) is 12.1. The largest absolute Gasteiger partial charge is 0.392 e. The third-order valence-corrected chi connectivity index (χ3v) is 10.7. The maximum absolute atomic E-state index is 12.8. The Morgan fingerprint density at radius 2 is 1.48 bits per heavy atom. The van der Waals surface area contributed by atoms with Crippen LogP contribution in [-0.2, 0) is 33.8 Å². The summed E-state index contributed by atoms with van der Waals surface area (Å²) in [6, 6.07) is 34.6. The molecule has 1 fully saturated rings. The zero-order valence-electron chi connectivity index (χ0n) is 27.9.